The first-order chi connectivity index (χ1) is 19.1. The van der Waals surface area contributed by atoms with E-state index in [9.17, 15) is 9.59 Å². The van der Waals surface area contributed by atoms with Crippen molar-refractivity contribution in [3.8, 4) is 11.5 Å². The van der Waals surface area contributed by atoms with Gasteiger partial charge in [-0.15, -0.1) is 0 Å². The monoisotopic (exact) mass is 540 g/mol. The van der Waals surface area contributed by atoms with E-state index in [1.54, 1.807) is 48.5 Å². The van der Waals surface area contributed by atoms with Gasteiger partial charge in [-0.05, 0) is 61.4 Å². The maximum Gasteiger partial charge on any atom is 0.338 e. The van der Waals surface area contributed by atoms with Gasteiger partial charge in [0.1, 0.15) is 23.7 Å². The van der Waals surface area contributed by atoms with Crippen molar-refractivity contribution in [3.63, 3.8) is 0 Å². The SMILES string of the molecule is CCCCCCOc1ccc(C(=O)O[C@@H]2CO[C@H]3[C@@H]2OC[C@@H]3OC(=O)c2ccc(OCCCCC)cc2)cc1. The minimum Gasteiger partial charge on any atom is -0.494 e. The van der Waals surface area contributed by atoms with Gasteiger partial charge >= 0.3 is 11.9 Å². The van der Waals surface area contributed by atoms with E-state index in [1.165, 1.54) is 12.8 Å². The largest absolute Gasteiger partial charge is 0.494 e. The second kappa shape index (κ2) is 14.9. The van der Waals surface area contributed by atoms with Gasteiger partial charge in [-0.2, -0.15) is 0 Å². The van der Waals surface area contributed by atoms with E-state index >= 15 is 0 Å². The first-order valence-corrected chi connectivity index (χ1v) is 14.2. The third-order valence-corrected chi connectivity index (χ3v) is 6.94. The normalized spacial score (nSPS) is 21.8. The molecule has 0 aromatic heterocycles. The molecule has 4 atom stereocenters. The van der Waals surface area contributed by atoms with Crippen LogP contribution in [0.15, 0.2) is 48.5 Å². The Morgan fingerprint density at radius 1 is 0.641 bits per heavy atom. The highest BCUT2D eigenvalue weighted by molar-refractivity contribution is 5.90. The number of ether oxygens (including phenoxy) is 6. The van der Waals surface area contributed by atoms with E-state index in [2.05, 4.69) is 13.8 Å². The van der Waals surface area contributed by atoms with E-state index in [1.807, 2.05) is 0 Å². The van der Waals surface area contributed by atoms with Crippen LogP contribution < -0.4 is 9.47 Å². The first-order valence-electron chi connectivity index (χ1n) is 14.2. The molecule has 2 aromatic carbocycles. The molecule has 2 aliphatic rings. The van der Waals surface area contributed by atoms with Crippen LogP contribution in [-0.4, -0.2) is 62.8 Å². The van der Waals surface area contributed by atoms with Crippen LogP contribution in [0.5, 0.6) is 11.5 Å². The lowest BCUT2D eigenvalue weighted by molar-refractivity contribution is -0.0287. The Morgan fingerprint density at radius 2 is 1.05 bits per heavy atom. The van der Waals surface area contributed by atoms with Gasteiger partial charge in [0.2, 0.25) is 0 Å². The molecule has 2 fully saturated rings. The molecule has 39 heavy (non-hydrogen) atoms. The van der Waals surface area contributed by atoms with E-state index in [-0.39, 0.29) is 13.2 Å². The van der Waals surface area contributed by atoms with Crippen LogP contribution in [0.25, 0.3) is 0 Å². The molecule has 0 aliphatic carbocycles. The van der Waals surface area contributed by atoms with Crippen LogP contribution in [0.1, 0.15) is 79.5 Å². The molecule has 4 rings (SSSR count). The van der Waals surface area contributed by atoms with Crippen LogP contribution in [0, 0.1) is 0 Å². The van der Waals surface area contributed by atoms with E-state index in [4.69, 9.17) is 28.4 Å². The number of hydrogen-bond donors (Lipinski definition) is 0. The highest BCUT2D eigenvalue weighted by Gasteiger charge is 2.51. The standard InChI is InChI=1S/C31H40O8/c1-3-5-7-9-19-35-25-16-12-23(13-17-25)31(33)39-27-21-37-28-26(20-36-29(27)28)38-30(32)22-10-14-24(15-11-22)34-18-8-6-4-2/h10-17,26-29H,3-9,18-21H2,1-2H3/t26-,27+,28+,29+/m0/s1. The molecule has 0 unspecified atom stereocenters. The van der Waals surface area contributed by atoms with Crippen molar-refractivity contribution < 1.29 is 38.0 Å². The van der Waals surface area contributed by atoms with Crippen LogP contribution >= 0.6 is 0 Å². The summed E-state index contributed by atoms with van der Waals surface area (Å²) in [6, 6.07) is 13.8. The van der Waals surface area contributed by atoms with Crippen molar-refractivity contribution in [2.45, 2.75) is 83.2 Å². The number of benzene rings is 2. The Morgan fingerprint density at radius 3 is 1.49 bits per heavy atom. The fraction of sp³-hybridized carbons (Fsp3) is 0.548. The zero-order valence-electron chi connectivity index (χ0n) is 23.0. The number of fused-ring (bicyclic) bond motifs is 1. The first kappa shape index (κ1) is 28.9. The lowest BCUT2D eigenvalue weighted by Crippen LogP contribution is -2.36. The average Bonchev–Trinajstić information content (AvgIpc) is 3.54. The number of hydrogen-bond acceptors (Lipinski definition) is 8. The minimum absolute atomic E-state index is 0.179. The Hall–Kier alpha value is -3.10. The highest BCUT2D eigenvalue weighted by Crippen LogP contribution is 2.31. The summed E-state index contributed by atoms with van der Waals surface area (Å²) < 4.78 is 34.5. The van der Waals surface area contributed by atoms with E-state index < -0.39 is 36.4 Å². The molecule has 8 heteroatoms. The molecule has 0 bridgehead atoms. The molecule has 2 aromatic rings. The summed E-state index contributed by atoms with van der Waals surface area (Å²) in [4.78, 5) is 25.4. The molecule has 0 radical (unpaired) electrons. The smallest absolute Gasteiger partial charge is 0.338 e. The summed E-state index contributed by atoms with van der Waals surface area (Å²) in [6.45, 7) is 6.00. The van der Waals surface area contributed by atoms with Crippen LogP contribution in [-0.2, 0) is 18.9 Å². The lowest BCUT2D eigenvalue weighted by Gasteiger charge is -2.17. The van der Waals surface area contributed by atoms with E-state index in [0.29, 0.717) is 24.3 Å². The van der Waals surface area contributed by atoms with Gasteiger partial charge in [-0.3, -0.25) is 0 Å². The number of esters is 2. The lowest BCUT2D eigenvalue weighted by atomic mass is 10.1. The second-order valence-corrected chi connectivity index (χ2v) is 10.00. The third-order valence-electron chi connectivity index (χ3n) is 6.94. The average molecular weight is 541 g/mol. The van der Waals surface area contributed by atoms with Crippen molar-refractivity contribution >= 4 is 11.9 Å². The number of rotatable bonds is 15. The molecule has 0 N–H and O–H groups in total. The zero-order chi connectivity index (χ0) is 27.5. The quantitative estimate of drug-likeness (QED) is 0.208. The Labute approximate surface area is 230 Å². The zero-order valence-corrected chi connectivity index (χ0v) is 23.0. The van der Waals surface area contributed by atoms with Crippen molar-refractivity contribution in [2.75, 3.05) is 26.4 Å². The Balaban J connectivity index is 1.22. The molecule has 2 saturated heterocycles. The van der Waals surface area contributed by atoms with Crippen LogP contribution in [0.3, 0.4) is 0 Å². The molecular formula is C31H40O8. The Kier molecular flexibility index (Phi) is 11.0. The van der Waals surface area contributed by atoms with Crippen molar-refractivity contribution in [1.29, 1.82) is 0 Å². The maximum atomic E-state index is 12.7. The molecule has 212 valence electrons. The Bertz CT molecular complexity index is 1040. The van der Waals surface area contributed by atoms with Gasteiger partial charge in [0.25, 0.3) is 0 Å². The van der Waals surface area contributed by atoms with Crippen LogP contribution in [0.4, 0.5) is 0 Å². The summed E-state index contributed by atoms with van der Waals surface area (Å²) in [5.74, 6) is 0.531. The summed E-state index contributed by atoms with van der Waals surface area (Å²) in [6.07, 6.45) is 5.68. The molecule has 0 saturated carbocycles. The summed E-state index contributed by atoms with van der Waals surface area (Å²) >= 11 is 0. The maximum absolute atomic E-state index is 12.7. The van der Waals surface area contributed by atoms with Crippen molar-refractivity contribution in [1.82, 2.24) is 0 Å². The van der Waals surface area contributed by atoms with Gasteiger partial charge in [0.05, 0.1) is 37.6 Å². The molecule has 0 amide bonds. The number of carbonyl (C=O) groups is 2. The predicted molar refractivity (Wildman–Crippen MR) is 145 cm³/mol. The highest BCUT2D eigenvalue weighted by atomic mass is 16.7. The molecule has 0 spiro atoms. The third kappa shape index (κ3) is 8.19. The van der Waals surface area contributed by atoms with Gasteiger partial charge < -0.3 is 28.4 Å². The summed E-state index contributed by atoms with van der Waals surface area (Å²) in [5, 5.41) is 0. The van der Waals surface area contributed by atoms with Crippen molar-refractivity contribution in [3.05, 3.63) is 59.7 Å². The number of carbonyl (C=O) groups excluding carboxylic acids is 2. The molecular weight excluding hydrogens is 500 g/mol. The van der Waals surface area contributed by atoms with Gasteiger partial charge in [-0.1, -0.05) is 46.0 Å². The molecule has 2 aliphatic heterocycles. The van der Waals surface area contributed by atoms with Gasteiger partial charge in [0, 0.05) is 0 Å². The van der Waals surface area contributed by atoms with E-state index in [0.717, 1.165) is 43.6 Å². The predicted octanol–water partition coefficient (Wildman–Crippen LogP) is 5.76. The van der Waals surface area contributed by atoms with Gasteiger partial charge in [-0.25, -0.2) is 9.59 Å². The van der Waals surface area contributed by atoms with Crippen molar-refractivity contribution in [2.24, 2.45) is 0 Å². The number of unbranched alkanes of at least 4 members (excludes halogenated alkanes) is 5. The second-order valence-electron chi connectivity index (χ2n) is 10.00. The van der Waals surface area contributed by atoms with Gasteiger partial charge in [0.15, 0.2) is 12.2 Å². The summed E-state index contributed by atoms with van der Waals surface area (Å²) in [7, 11) is 0. The molecule has 8 nitrogen and oxygen atoms in total. The van der Waals surface area contributed by atoms with Crippen LogP contribution in [0.2, 0.25) is 0 Å². The molecule has 2 heterocycles. The topological polar surface area (TPSA) is 89.5 Å². The minimum atomic E-state index is -0.579. The summed E-state index contributed by atoms with van der Waals surface area (Å²) in [5.41, 5.74) is 0.851. The fourth-order valence-electron chi connectivity index (χ4n) is 4.68. The fourth-order valence-corrected chi connectivity index (χ4v) is 4.68.